The second-order valence-corrected chi connectivity index (χ2v) is 3.30. The van der Waals surface area contributed by atoms with Crippen LogP contribution >= 0.6 is 11.6 Å². The van der Waals surface area contributed by atoms with Gasteiger partial charge in [-0.2, -0.15) is 13.2 Å². The fourth-order valence-corrected chi connectivity index (χ4v) is 1.33. The van der Waals surface area contributed by atoms with E-state index in [1.165, 1.54) is 0 Å². The maximum absolute atomic E-state index is 12.3. The number of pyridine rings is 1. The minimum absolute atomic E-state index is 0.108. The van der Waals surface area contributed by atoms with Gasteiger partial charge in [-0.3, -0.25) is 0 Å². The lowest BCUT2D eigenvalue weighted by Gasteiger charge is -2.08. The standard InChI is InChI=1S/C9H9ClF3N.C2H6/c1-2-3-7-4-6(9(11,12)13)5-8(10)14-7;1-2/h4-5H,2-3H2,1H3;1-2H3. The van der Waals surface area contributed by atoms with Gasteiger partial charge in [0.15, 0.2) is 0 Å². The molecular weight excluding hydrogens is 239 g/mol. The van der Waals surface area contributed by atoms with Crippen molar-refractivity contribution in [1.29, 1.82) is 0 Å². The Morgan fingerprint density at radius 2 is 1.81 bits per heavy atom. The van der Waals surface area contributed by atoms with Crippen molar-refractivity contribution < 1.29 is 13.2 Å². The van der Waals surface area contributed by atoms with Gasteiger partial charge in [-0.15, -0.1) is 0 Å². The minimum atomic E-state index is -4.35. The largest absolute Gasteiger partial charge is 0.416 e. The van der Waals surface area contributed by atoms with Gasteiger partial charge in [-0.1, -0.05) is 38.8 Å². The number of rotatable bonds is 2. The lowest BCUT2D eigenvalue weighted by atomic mass is 10.1. The summed E-state index contributed by atoms with van der Waals surface area (Å²) in [6.45, 7) is 5.87. The number of nitrogens with zero attached hydrogens (tertiary/aromatic N) is 1. The Morgan fingerprint density at radius 1 is 1.25 bits per heavy atom. The Morgan fingerprint density at radius 3 is 2.25 bits per heavy atom. The Bertz CT molecular complexity index is 323. The van der Waals surface area contributed by atoms with Crippen molar-refractivity contribution in [1.82, 2.24) is 4.98 Å². The molecule has 0 amide bonds. The molecule has 0 unspecified atom stereocenters. The first kappa shape index (κ1) is 15.2. The molecule has 5 heteroatoms. The molecule has 0 aliphatic rings. The summed E-state index contributed by atoms with van der Waals surface area (Å²) in [5, 5.41) is -0.108. The van der Waals surface area contributed by atoms with Crippen molar-refractivity contribution in [3.63, 3.8) is 0 Å². The van der Waals surface area contributed by atoms with Gasteiger partial charge < -0.3 is 0 Å². The molecule has 0 aliphatic heterocycles. The van der Waals surface area contributed by atoms with E-state index in [-0.39, 0.29) is 5.15 Å². The highest BCUT2D eigenvalue weighted by molar-refractivity contribution is 6.29. The molecule has 0 radical (unpaired) electrons. The first-order valence-electron chi connectivity index (χ1n) is 5.17. The fourth-order valence-electron chi connectivity index (χ4n) is 1.10. The zero-order chi connectivity index (χ0) is 12.8. The highest BCUT2D eigenvalue weighted by Gasteiger charge is 2.31. The molecule has 0 spiro atoms. The van der Waals surface area contributed by atoms with Gasteiger partial charge in [0.2, 0.25) is 0 Å². The number of hydrogen-bond acceptors (Lipinski definition) is 1. The number of hydrogen-bond donors (Lipinski definition) is 0. The molecule has 0 atom stereocenters. The van der Waals surface area contributed by atoms with Gasteiger partial charge in [0, 0.05) is 5.69 Å². The quantitative estimate of drug-likeness (QED) is 0.694. The number of aryl methyl sites for hydroxylation is 1. The number of alkyl halides is 3. The van der Waals surface area contributed by atoms with Gasteiger partial charge in [0.05, 0.1) is 5.56 Å². The van der Waals surface area contributed by atoms with E-state index in [2.05, 4.69) is 4.98 Å². The highest BCUT2D eigenvalue weighted by atomic mass is 35.5. The molecule has 1 aromatic rings. The van der Waals surface area contributed by atoms with E-state index in [0.717, 1.165) is 18.6 Å². The van der Waals surface area contributed by atoms with Crippen LogP contribution in [0.15, 0.2) is 12.1 Å². The van der Waals surface area contributed by atoms with E-state index in [0.29, 0.717) is 12.1 Å². The van der Waals surface area contributed by atoms with E-state index < -0.39 is 11.7 Å². The molecule has 1 rings (SSSR count). The van der Waals surface area contributed by atoms with Crippen LogP contribution in [0.2, 0.25) is 5.15 Å². The van der Waals surface area contributed by atoms with E-state index in [4.69, 9.17) is 11.6 Å². The number of aromatic nitrogens is 1. The molecule has 16 heavy (non-hydrogen) atoms. The van der Waals surface area contributed by atoms with Crippen LogP contribution in [-0.2, 0) is 12.6 Å². The van der Waals surface area contributed by atoms with E-state index in [1.807, 2.05) is 20.8 Å². The Balaban J connectivity index is 0.00000106. The molecule has 0 aliphatic carbocycles. The molecule has 92 valence electrons. The average molecular weight is 254 g/mol. The van der Waals surface area contributed by atoms with E-state index in [1.54, 1.807) is 0 Å². The molecule has 0 saturated carbocycles. The van der Waals surface area contributed by atoms with Crippen molar-refractivity contribution >= 4 is 11.6 Å². The first-order valence-corrected chi connectivity index (χ1v) is 5.55. The van der Waals surface area contributed by atoms with Crippen LogP contribution in [0.3, 0.4) is 0 Å². The molecule has 0 N–H and O–H groups in total. The second-order valence-electron chi connectivity index (χ2n) is 2.92. The van der Waals surface area contributed by atoms with Crippen molar-refractivity contribution in [3.8, 4) is 0 Å². The van der Waals surface area contributed by atoms with Crippen LogP contribution in [0.25, 0.3) is 0 Å². The normalized spacial score (nSPS) is 10.7. The summed E-state index contributed by atoms with van der Waals surface area (Å²) < 4.78 is 36.9. The smallest absolute Gasteiger partial charge is 0.241 e. The Labute approximate surface area is 98.6 Å². The maximum Gasteiger partial charge on any atom is 0.416 e. The third kappa shape index (κ3) is 4.84. The lowest BCUT2D eigenvalue weighted by Crippen LogP contribution is -2.06. The molecule has 0 saturated heterocycles. The fraction of sp³-hybridized carbons (Fsp3) is 0.545. The van der Waals surface area contributed by atoms with Gasteiger partial charge in [0.25, 0.3) is 0 Å². The molecule has 1 aromatic heterocycles. The van der Waals surface area contributed by atoms with Crippen LogP contribution in [0.4, 0.5) is 13.2 Å². The average Bonchev–Trinajstić information content (AvgIpc) is 2.19. The van der Waals surface area contributed by atoms with Crippen LogP contribution in [0, 0.1) is 0 Å². The summed E-state index contributed by atoms with van der Waals surface area (Å²) in [6.07, 6.45) is -3.11. The molecule has 1 heterocycles. The topological polar surface area (TPSA) is 12.9 Å². The van der Waals surface area contributed by atoms with E-state index in [9.17, 15) is 13.2 Å². The highest BCUT2D eigenvalue weighted by Crippen LogP contribution is 2.30. The Kier molecular flexibility index (Phi) is 6.41. The van der Waals surface area contributed by atoms with Crippen molar-refractivity contribution in [3.05, 3.63) is 28.5 Å². The summed E-state index contributed by atoms with van der Waals surface area (Å²) in [5.41, 5.74) is -0.353. The van der Waals surface area contributed by atoms with Gasteiger partial charge in [-0.25, -0.2) is 4.98 Å². The predicted molar refractivity (Wildman–Crippen MR) is 59.6 cm³/mol. The molecular formula is C11H15ClF3N. The first-order chi connectivity index (χ1) is 7.43. The SMILES string of the molecule is CC.CCCc1cc(C(F)(F)F)cc(Cl)n1. The van der Waals surface area contributed by atoms with Crippen molar-refractivity contribution in [2.45, 2.75) is 39.8 Å². The molecule has 1 nitrogen and oxygen atoms in total. The summed E-state index contributed by atoms with van der Waals surface area (Å²) >= 11 is 5.48. The summed E-state index contributed by atoms with van der Waals surface area (Å²) in [6, 6.07) is 1.87. The molecule has 0 aromatic carbocycles. The molecule has 0 fully saturated rings. The number of halogens is 4. The van der Waals surface area contributed by atoms with Gasteiger partial charge in [-0.05, 0) is 18.6 Å². The zero-order valence-corrected chi connectivity index (χ0v) is 10.3. The third-order valence-corrected chi connectivity index (χ3v) is 1.87. The predicted octanol–water partition coefficient (Wildman–Crippen LogP) is 4.73. The second kappa shape index (κ2) is 6.74. The van der Waals surface area contributed by atoms with E-state index >= 15 is 0 Å². The minimum Gasteiger partial charge on any atom is -0.241 e. The van der Waals surface area contributed by atoms with Crippen LogP contribution < -0.4 is 0 Å². The summed E-state index contributed by atoms with van der Waals surface area (Å²) in [4.78, 5) is 3.80. The Hall–Kier alpha value is -0.770. The van der Waals surface area contributed by atoms with Gasteiger partial charge >= 0.3 is 6.18 Å². The lowest BCUT2D eigenvalue weighted by molar-refractivity contribution is -0.137. The molecule has 0 bridgehead atoms. The summed E-state index contributed by atoms with van der Waals surface area (Å²) in [7, 11) is 0. The monoisotopic (exact) mass is 253 g/mol. The summed E-state index contributed by atoms with van der Waals surface area (Å²) in [5.74, 6) is 0. The van der Waals surface area contributed by atoms with Crippen molar-refractivity contribution in [2.75, 3.05) is 0 Å². The van der Waals surface area contributed by atoms with Crippen LogP contribution in [0.1, 0.15) is 38.4 Å². The third-order valence-electron chi connectivity index (χ3n) is 1.68. The van der Waals surface area contributed by atoms with Crippen LogP contribution in [0.5, 0.6) is 0 Å². The maximum atomic E-state index is 12.3. The van der Waals surface area contributed by atoms with Crippen molar-refractivity contribution in [2.24, 2.45) is 0 Å². The van der Waals surface area contributed by atoms with Crippen LogP contribution in [-0.4, -0.2) is 4.98 Å². The zero-order valence-electron chi connectivity index (χ0n) is 9.53. The van der Waals surface area contributed by atoms with Gasteiger partial charge in [0.1, 0.15) is 5.15 Å².